The van der Waals surface area contributed by atoms with Crippen molar-refractivity contribution in [2.45, 2.75) is 20.8 Å². The maximum absolute atomic E-state index is 12.2. The van der Waals surface area contributed by atoms with E-state index in [1.807, 2.05) is 45.0 Å². The van der Waals surface area contributed by atoms with Crippen molar-refractivity contribution in [1.29, 1.82) is 0 Å². The molecule has 0 N–H and O–H groups in total. The van der Waals surface area contributed by atoms with E-state index >= 15 is 0 Å². The van der Waals surface area contributed by atoms with Crippen LogP contribution in [0, 0.1) is 6.92 Å². The molecule has 0 fully saturated rings. The lowest BCUT2D eigenvalue weighted by Crippen LogP contribution is -2.06. The van der Waals surface area contributed by atoms with Crippen molar-refractivity contribution in [1.82, 2.24) is 0 Å². The average Bonchev–Trinajstić information content (AvgIpc) is 2.99. The van der Waals surface area contributed by atoms with E-state index in [2.05, 4.69) is 4.99 Å². The van der Waals surface area contributed by atoms with Crippen LogP contribution in [0.15, 0.2) is 47.1 Å². The van der Waals surface area contributed by atoms with Gasteiger partial charge in [-0.2, -0.15) is 0 Å². The molecule has 0 atom stereocenters. The second-order valence-electron chi connectivity index (χ2n) is 5.85. The highest BCUT2D eigenvalue weighted by Gasteiger charge is 2.25. The minimum absolute atomic E-state index is 0.205. The van der Waals surface area contributed by atoms with Gasteiger partial charge < -0.3 is 14.2 Å². The first-order valence-electron chi connectivity index (χ1n) is 8.71. The molecule has 0 aliphatic carbocycles. The van der Waals surface area contributed by atoms with Gasteiger partial charge >= 0.3 is 5.97 Å². The first kappa shape index (κ1) is 19.0. The molecule has 6 heteroatoms. The van der Waals surface area contributed by atoms with Gasteiger partial charge in [-0.05, 0) is 56.2 Å². The molecule has 2 aromatic rings. The lowest BCUT2D eigenvalue weighted by atomic mass is 10.1. The number of aliphatic imine (C=N–C) groups is 1. The minimum atomic E-state index is -0.503. The van der Waals surface area contributed by atoms with Gasteiger partial charge in [0.15, 0.2) is 17.2 Å². The predicted molar refractivity (Wildman–Crippen MR) is 106 cm³/mol. The van der Waals surface area contributed by atoms with Crippen LogP contribution in [0.5, 0.6) is 11.5 Å². The zero-order chi connectivity index (χ0) is 19.4. The molecule has 1 aliphatic heterocycles. The average molecular weight is 386 g/mol. The first-order valence-corrected chi connectivity index (χ1v) is 9.09. The lowest BCUT2D eigenvalue weighted by molar-refractivity contribution is -0.129. The van der Waals surface area contributed by atoms with Crippen molar-refractivity contribution in [3.63, 3.8) is 0 Å². The fraction of sp³-hybridized carbons (Fsp3) is 0.238. The normalized spacial score (nSPS) is 14.9. The van der Waals surface area contributed by atoms with Crippen molar-refractivity contribution in [2.24, 2.45) is 4.99 Å². The van der Waals surface area contributed by atoms with E-state index in [0.717, 1.165) is 11.1 Å². The summed E-state index contributed by atoms with van der Waals surface area (Å²) in [4.78, 5) is 16.6. The molecule has 27 heavy (non-hydrogen) atoms. The summed E-state index contributed by atoms with van der Waals surface area (Å²) >= 11 is 6.33. The zero-order valence-electron chi connectivity index (χ0n) is 15.4. The number of ether oxygens (including phenoxy) is 3. The molecule has 0 spiro atoms. The highest BCUT2D eigenvalue weighted by Crippen LogP contribution is 2.37. The molecule has 1 aliphatic rings. The number of halogens is 1. The Labute approximate surface area is 163 Å². The summed E-state index contributed by atoms with van der Waals surface area (Å²) in [5.74, 6) is 0.803. The molecule has 140 valence electrons. The van der Waals surface area contributed by atoms with E-state index in [1.165, 1.54) is 0 Å². The number of carbonyl (C=O) groups excluding carboxylic acids is 1. The Hall–Kier alpha value is -2.79. The predicted octanol–water partition coefficient (Wildman–Crippen LogP) is 4.79. The summed E-state index contributed by atoms with van der Waals surface area (Å²) in [7, 11) is 0. The summed E-state index contributed by atoms with van der Waals surface area (Å²) in [6.45, 7) is 6.62. The Morgan fingerprint density at radius 3 is 2.59 bits per heavy atom. The summed E-state index contributed by atoms with van der Waals surface area (Å²) < 4.78 is 16.5. The van der Waals surface area contributed by atoms with Crippen LogP contribution >= 0.6 is 11.6 Å². The third-order valence-corrected chi connectivity index (χ3v) is 4.20. The standard InChI is InChI=1S/C21H20ClNO4/c1-4-25-18-12-14(10-16(22)19(18)26-5-2)11-17-21(24)27-20(23-17)15-9-7-6-8-13(15)3/h6-12H,4-5H2,1-3H3/b17-11-. The Kier molecular flexibility index (Phi) is 5.81. The molecule has 0 bridgehead atoms. The van der Waals surface area contributed by atoms with Crippen LogP contribution in [0.25, 0.3) is 6.08 Å². The second kappa shape index (κ2) is 8.27. The van der Waals surface area contributed by atoms with Crippen molar-refractivity contribution < 1.29 is 19.0 Å². The van der Waals surface area contributed by atoms with Gasteiger partial charge in [-0.15, -0.1) is 0 Å². The SMILES string of the molecule is CCOc1cc(/C=C2\N=C(c3ccccc3C)OC2=O)cc(Cl)c1OCC. The largest absolute Gasteiger partial charge is 0.490 e. The molecule has 0 saturated carbocycles. The topological polar surface area (TPSA) is 57.1 Å². The quantitative estimate of drug-likeness (QED) is 0.530. The Balaban J connectivity index is 1.98. The van der Waals surface area contributed by atoms with Crippen molar-refractivity contribution in [3.05, 3.63) is 63.8 Å². The van der Waals surface area contributed by atoms with Crippen LogP contribution < -0.4 is 9.47 Å². The molecule has 5 nitrogen and oxygen atoms in total. The van der Waals surface area contributed by atoms with E-state index < -0.39 is 5.97 Å². The van der Waals surface area contributed by atoms with E-state index in [-0.39, 0.29) is 5.70 Å². The lowest BCUT2D eigenvalue weighted by Gasteiger charge is -2.13. The molecular formula is C21H20ClNO4. The van der Waals surface area contributed by atoms with E-state index in [1.54, 1.807) is 18.2 Å². The summed E-state index contributed by atoms with van der Waals surface area (Å²) in [6, 6.07) is 11.1. The highest BCUT2D eigenvalue weighted by atomic mass is 35.5. The monoisotopic (exact) mass is 385 g/mol. The molecule has 0 unspecified atom stereocenters. The summed E-state index contributed by atoms with van der Waals surface area (Å²) in [6.07, 6.45) is 1.62. The number of hydrogen-bond acceptors (Lipinski definition) is 5. The number of carbonyl (C=O) groups is 1. The van der Waals surface area contributed by atoms with Gasteiger partial charge in [-0.1, -0.05) is 29.8 Å². The third-order valence-electron chi connectivity index (χ3n) is 3.92. The molecule has 1 heterocycles. The van der Waals surface area contributed by atoms with Crippen molar-refractivity contribution >= 4 is 29.5 Å². The van der Waals surface area contributed by atoms with Gasteiger partial charge in [0.25, 0.3) is 0 Å². The molecule has 0 amide bonds. The third kappa shape index (κ3) is 4.14. The number of rotatable bonds is 6. The van der Waals surface area contributed by atoms with Gasteiger partial charge in [0.2, 0.25) is 5.90 Å². The Morgan fingerprint density at radius 1 is 1.15 bits per heavy atom. The van der Waals surface area contributed by atoms with Crippen molar-refractivity contribution in [3.8, 4) is 11.5 Å². The molecular weight excluding hydrogens is 366 g/mol. The van der Waals surface area contributed by atoms with Crippen LogP contribution in [0.1, 0.15) is 30.5 Å². The van der Waals surface area contributed by atoms with Gasteiger partial charge in [-0.3, -0.25) is 0 Å². The highest BCUT2D eigenvalue weighted by molar-refractivity contribution is 6.32. The summed E-state index contributed by atoms with van der Waals surface area (Å²) in [5.41, 5.74) is 2.64. The molecule has 0 radical (unpaired) electrons. The van der Waals surface area contributed by atoms with Crippen LogP contribution in [-0.2, 0) is 9.53 Å². The minimum Gasteiger partial charge on any atom is -0.490 e. The van der Waals surface area contributed by atoms with Crippen LogP contribution in [0.3, 0.4) is 0 Å². The number of aryl methyl sites for hydroxylation is 1. The van der Waals surface area contributed by atoms with Crippen LogP contribution in [-0.4, -0.2) is 25.1 Å². The molecule has 0 saturated heterocycles. The van der Waals surface area contributed by atoms with E-state index in [9.17, 15) is 4.79 Å². The first-order chi connectivity index (χ1) is 13.0. The van der Waals surface area contributed by atoms with Gasteiger partial charge in [0.05, 0.1) is 18.2 Å². The number of cyclic esters (lactones) is 1. The van der Waals surface area contributed by atoms with Gasteiger partial charge in [0, 0.05) is 5.56 Å². The molecule has 3 rings (SSSR count). The number of esters is 1. The second-order valence-corrected chi connectivity index (χ2v) is 6.25. The van der Waals surface area contributed by atoms with Crippen LogP contribution in [0.4, 0.5) is 0 Å². The van der Waals surface area contributed by atoms with E-state index in [4.69, 9.17) is 25.8 Å². The van der Waals surface area contributed by atoms with Crippen molar-refractivity contribution in [2.75, 3.05) is 13.2 Å². The number of benzene rings is 2. The fourth-order valence-corrected chi connectivity index (χ4v) is 2.99. The Morgan fingerprint density at radius 2 is 1.89 bits per heavy atom. The zero-order valence-corrected chi connectivity index (χ0v) is 16.2. The maximum Gasteiger partial charge on any atom is 0.363 e. The fourth-order valence-electron chi connectivity index (χ4n) is 2.71. The van der Waals surface area contributed by atoms with Gasteiger partial charge in [0.1, 0.15) is 0 Å². The number of hydrogen-bond donors (Lipinski definition) is 0. The van der Waals surface area contributed by atoms with Crippen LogP contribution in [0.2, 0.25) is 5.02 Å². The molecule has 0 aromatic heterocycles. The number of nitrogens with zero attached hydrogens (tertiary/aromatic N) is 1. The summed E-state index contributed by atoms with van der Waals surface area (Å²) in [5, 5.41) is 0.407. The smallest absolute Gasteiger partial charge is 0.363 e. The molecule has 2 aromatic carbocycles. The van der Waals surface area contributed by atoms with Gasteiger partial charge in [-0.25, -0.2) is 9.79 Å². The maximum atomic E-state index is 12.2. The Bertz CT molecular complexity index is 934. The van der Waals surface area contributed by atoms with E-state index in [0.29, 0.717) is 41.2 Å².